The summed E-state index contributed by atoms with van der Waals surface area (Å²) < 4.78 is 32.5. The summed E-state index contributed by atoms with van der Waals surface area (Å²) in [5, 5.41) is 7.38. The van der Waals surface area contributed by atoms with E-state index in [1.807, 2.05) is 0 Å². The lowest BCUT2D eigenvalue weighted by Crippen LogP contribution is -2.21. The topological polar surface area (TPSA) is 125 Å². The zero-order valence-corrected chi connectivity index (χ0v) is 12.4. The fourth-order valence-corrected chi connectivity index (χ4v) is 2.21. The maximum absolute atomic E-state index is 11.7. The number of primary sulfonamides is 1. The van der Waals surface area contributed by atoms with Crippen molar-refractivity contribution < 1.29 is 27.5 Å². The highest BCUT2D eigenvalue weighted by Crippen LogP contribution is 2.25. The van der Waals surface area contributed by atoms with Crippen LogP contribution in [0.15, 0.2) is 23.1 Å². The molecule has 0 atom stereocenters. The highest BCUT2D eigenvalue weighted by molar-refractivity contribution is 7.89. The lowest BCUT2D eigenvalue weighted by atomic mass is 10.3. The first-order valence-corrected chi connectivity index (χ1v) is 7.49. The Labute approximate surface area is 122 Å². The molecule has 0 aliphatic carbocycles. The maximum Gasteiger partial charge on any atom is 0.315 e. The van der Waals surface area contributed by atoms with E-state index in [-0.39, 0.29) is 22.9 Å². The predicted molar refractivity (Wildman–Crippen MR) is 74.2 cm³/mol. The Morgan fingerprint density at radius 3 is 2.52 bits per heavy atom. The molecule has 1 amide bonds. The minimum absolute atomic E-state index is 0.0346. The molecule has 0 saturated heterocycles. The fraction of sp³-hybridized carbons (Fsp3) is 0.333. The number of carbonyl (C=O) groups is 2. The van der Waals surface area contributed by atoms with E-state index in [4.69, 9.17) is 9.88 Å². The number of anilines is 1. The maximum atomic E-state index is 11.7. The summed E-state index contributed by atoms with van der Waals surface area (Å²) >= 11 is 0. The van der Waals surface area contributed by atoms with Gasteiger partial charge in [-0.25, -0.2) is 13.6 Å². The molecule has 21 heavy (non-hydrogen) atoms. The van der Waals surface area contributed by atoms with Gasteiger partial charge in [0.15, 0.2) is 0 Å². The van der Waals surface area contributed by atoms with E-state index in [1.54, 1.807) is 6.92 Å². The molecule has 1 aromatic carbocycles. The fourth-order valence-electron chi connectivity index (χ4n) is 1.51. The number of hydrogen-bond donors (Lipinski definition) is 2. The molecule has 1 rings (SSSR count). The van der Waals surface area contributed by atoms with Crippen LogP contribution in [-0.4, -0.2) is 34.0 Å². The molecule has 0 spiro atoms. The number of sulfonamides is 1. The van der Waals surface area contributed by atoms with Crippen molar-refractivity contribution in [3.05, 3.63) is 18.2 Å². The smallest absolute Gasteiger partial charge is 0.315 e. The zero-order chi connectivity index (χ0) is 16.0. The lowest BCUT2D eigenvalue weighted by molar-refractivity contribution is -0.145. The Bertz CT molecular complexity index is 641. The number of rotatable bonds is 6. The van der Waals surface area contributed by atoms with Gasteiger partial charge in [-0.05, 0) is 19.1 Å². The monoisotopic (exact) mass is 316 g/mol. The number of nitrogens with two attached hydrogens (primary N) is 1. The SMILES string of the molecule is CCOC(=O)CC(=O)Nc1ccc(OC)cc1S(N)(=O)=O. The Kier molecular flexibility index (Phi) is 5.68. The summed E-state index contributed by atoms with van der Waals surface area (Å²) in [6.45, 7) is 1.76. The van der Waals surface area contributed by atoms with Gasteiger partial charge in [0.2, 0.25) is 15.9 Å². The molecule has 0 unspecified atom stereocenters. The van der Waals surface area contributed by atoms with Crippen molar-refractivity contribution in [1.82, 2.24) is 0 Å². The van der Waals surface area contributed by atoms with Gasteiger partial charge in [0.1, 0.15) is 17.1 Å². The Morgan fingerprint density at radius 2 is 2.00 bits per heavy atom. The van der Waals surface area contributed by atoms with Crippen molar-refractivity contribution in [1.29, 1.82) is 0 Å². The second-order valence-corrected chi connectivity index (χ2v) is 5.47. The standard InChI is InChI=1S/C12H16N2O6S/c1-3-20-12(16)7-11(15)14-9-5-4-8(19-2)6-10(9)21(13,17)18/h4-6H,3,7H2,1-2H3,(H,14,15)(H2,13,17,18). The van der Waals surface area contributed by atoms with Crippen LogP contribution in [-0.2, 0) is 24.3 Å². The average molecular weight is 316 g/mol. The summed E-state index contributed by atoms with van der Waals surface area (Å²) in [6.07, 6.45) is -0.524. The van der Waals surface area contributed by atoms with E-state index in [0.717, 1.165) is 0 Å². The van der Waals surface area contributed by atoms with Gasteiger partial charge in [0.05, 0.1) is 19.4 Å². The van der Waals surface area contributed by atoms with Crippen LogP contribution in [0.1, 0.15) is 13.3 Å². The van der Waals surface area contributed by atoms with Crippen LogP contribution < -0.4 is 15.2 Å². The van der Waals surface area contributed by atoms with E-state index < -0.39 is 28.3 Å². The number of esters is 1. The van der Waals surface area contributed by atoms with E-state index in [9.17, 15) is 18.0 Å². The third-order valence-electron chi connectivity index (χ3n) is 2.38. The van der Waals surface area contributed by atoms with Gasteiger partial charge in [0, 0.05) is 6.07 Å². The normalized spacial score (nSPS) is 10.8. The Hall–Kier alpha value is -2.13. The first-order valence-electron chi connectivity index (χ1n) is 5.94. The molecule has 0 heterocycles. The minimum atomic E-state index is -4.06. The van der Waals surface area contributed by atoms with Gasteiger partial charge in [-0.1, -0.05) is 0 Å². The van der Waals surface area contributed by atoms with Gasteiger partial charge in [-0.15, -0.1) is 0 Å². The molecule has 0 fully saturated rings. The molecular formula is C12H16N2O6S. The molecule has 0 aliphatic rings. The zero-order valence-electron chi connectivity index (χ0n) is 11.6. The Morgan fingerprint density at radius 1 is 1.33 bits per heavy atom. The third kappa shape index (κ3) is 5.04. The highest BCUT2D eigenvalue weighted by atomic mass is 32.2. The lowest BCUT2D eigenvalue weighted by Gasteiger charge is -2.11. The molecule has 0 radical (unpaired) electrons. The van der Waals surface area contributed by atoms with Crippen LogP contribution in [0.25, 0.3) is 0 Å². The van der Waals surface area contributed by atoms with Gasteiger partial charge in [0.25, 0.3) is 0 Å². The van der Waals surface area contributed by atoms with E-state index in [1.165, 1.54) is 25.3 Å². The molecular weight excluding hydrogens is 300 g/mol. The van der Waals surface area contributed by atoms with Crippen molar-refractivity contribution in [2.24, 2.45) is 5.14 Å². The first kappa shape index (κ1) is 16.9. The van der Waals surface area contributed by atoms with Crippen LogP contribution in [0.5, 0.6) is 5.75 Å². The van der Waals surface area contributed by atoms with E-state index >= 15 is 0 Å². The highest BCUT2D eigenvalue weighted by Gasteiger charge is 2.18. The van der Waals surface area contributed by atoms with Crippen LogP contribution in [0, 0.1) is 0 Å². The molecule has 116 valence electrons. The number of methoxy groups -OCH3 is 1. The van der Waals surface area contributed by atoms with Gasteiger partial charge < -0.3 is 14.8 Å². The summed E-state index contributed by atoms with van der Waals surface area (Å²) in [5.74, 6) is -1.15. The van der Waals surface area contributed by atoms with Crippen LogP contribution in [0.3, 0.4) is 0 Å². The number of carbonyl (C=O) groups excluding carboxylic acids is 2. The molecule has 0 bridgehead atoms. The van der Waals surface area contributed by atoms with Crippen molar-refractivity contribution in [3.63, 3.8) is 0 Å². The summed E-state index contributed by atoms with van der Waals surface area (Å²) in [5.41, 5.74) is -0.0346. The van der Waals surface area contributed by atoms with E-state index in [2.05, 4.69) is 10.1 Å². The van der Waals surface area contributed by atoms with Crippen molar-refractivity contribution in [3.8, 4) is 5.75 Å². The van der Waals surface area contributed by atoms with E-state index in [0.29, 0.717) is 0 Å². The molecule has 9 heteroatoms. The Balaban J connectivity index is 2.98. The predicted octanol–water partition coefficient (Wildman–Crippen LogP) is 0.234. The van der Waals surface area contributed by atoms with Crippen molar-refractivity contribution >= 4 is 27.6 Å². The number of hydrogen-bond acceptors (Lipinski definition) is 6. The van der Waals surface area contributed by atoms with Gasteiger partial charge in [-0.2, -0.15) is 0 Å². The largest absolute Gasteiger partial charge is 0.497 e. The average Bonchev–Trinajstić information content (AvgIpc) is 2.37. The second-order valence-electron chi connectivity index (χ2n) is 3.94. The van der Waals surface area contributed by atoms with Crippen LogP contribution >= 0.6 is 0 Å². The summed E-state index contributed by atoms with van der Waals surface area (Å²) in [7, 11) is -2.70. The summed E-state index contributed by atoms with van der Waals surface area (Å²) in [4.78, 5) is 22.5. The van der Waals surface area contributed by atoms with Crippen molar-refractivity contribution in [2.75, 3.05) is 19.0 Å². The minimum Gasteiger partial charge on any atom is -0.497 e. The molecule has 0 saturated carbocycles. The number of nitrogens with one attached hydrogen (secondary N) is 1. The van der Waals surface area contributed by atoms with Crippen LogP contribution in [0.4, 0.5) is 5.69 Å². The molecule has 0 aromatic heterocycles. The van der Waals surface area contributed by atoms with Gasteiger partial charge >= 0.3 is 5.97 Å². The van der Waals surface area contributed by atoms with Crippen molar-refractivity contribution in [2.45, 2.75) is 18.2 Å². The molecule has 0 aliphatic heterocycles. The number of amides is 1. The molecule has 1 aromatic rings. The van der Waals surface area contributed by atoms with Gasteiger partial charge in [-0.3, -0.25) is 9.59 Å². The molecule has 8 nitrogen and oxygen atoms in total. The third-order valence-corrected chi connectivity index (χ3v) is 3.33. The van der Waals surface area contributed by atoms with Crippen LogP contribution in [0.2, 0.25) is 0 Å². The second kappa shape index (κ2) is 7.04. The first-order chi connectivity index (χ1) is 9.77. The molecule has 3 N–H and O–H groups in total. The number of ether oxygens (including phenoxy) is 2. The quantitative estimate of drug-likeness (QED) is 0.572. The summed E-state index contributed by atoms with van der Waals surface area (Å²) in [6, 6.07) is 3.95. The number of benzene rings is 1.